The van der Waals surface area contributed by atoms with Gasteiger partial charge >= 0.3 is 0 Å². The summed E-state index contributed by atoms with van der Waals surface area (Å²) in [6.07, 6.45) is 10.0. The van der Waals surface area contributed by atoms with Crippen LogP contribution in [0.2, 0.25) is 0 Å². The summed E-state index contributed by atoms with van der Waals surface area (Å²) >= 11 is 0. The van der Waals surface area contributed by atoms with Gasteiger partial charge < -0.3 is 10.6 Å². The average molecular weight is 346 g/mol. The van der Waals surface area contributed by atoms with Crippen LogP contribution in [-0.4, -0.2) is 17.4 Å². The molecule has 1 aliphatic carbocycles. The minimum Gasteiger partial charge on any atom is -0.385 e. The molecular formula is C21H22N4O. The molecule has 1 aliphatic rings. The third kappa shape index (κ3) is 4.93. The maximum Gasteiger partial charge on any atom is 0.274 e. The Labute approximate surface area is 153 Å². The fraction of sp³-hybridized carbons (Fsp3) is 0.286. The van der Waals surface area contributed by atoms with Gasteiger partial charge in [-0.05, 0) is 68.5 Å². The Morgan fingerprint density at radius 1 is 1.15 bits per heavy atom. The normalized spacial score (nSPS) is 13.4. The average Bonchev–Trinajstić information content (AvgIpc) is 2.69. The number of hydrogen-bond acceptors (Lipinski definition) is 4. The molecule has 0 saturated heterocycles. The first-order valence-corrected chi connectivity index (χ1v) is 8.94. The van der Waals surface area contributed by atoms with E-state index in [0.717, 1.165) is 18.7 Å². The summed E-state index contributed by atoms with van der Waals surface area (Å²) in [5, 5.41) is 15.0. The standard InChI is InChI=1S/C21H22N4O/c22-15-17-6-8-18(9-7-17)25-21(26)20-14-19(11-13-24-20)23-12-10-16-4-2-1-3-5-16/h4,6-9,11,13-14H,1-3,5,10,12H2,(H,23,24)(H,25,26). The number of carbonyl (C=O) groups excluding carboxylic acids is 1. The molecule has 5 nitrogen and oxygen atoms in total. The van der Waals surface area contributed by atoms with Gasteiger partial charge in [-0.1, -0.05) is 11.6 Å². The maximum absolute atomic E-state index is 12.4. The molecule has 2 aromatic rings. The molecule has 2 N–H and O–H groups in total. The Morgan fingerprint density at radius 2 is 2.00 bits per heavy atom. The number of allylic oxidation sites excluding steroid dienone is 1. The Bertz CT molecular complexity index is 834. The van der Waals surface area contributed by atoms with Crippen molar-refractivity contribution in [2.24, 2.45) is 0 Å². The first-order chi connectivity index (χ1) is 12.7. The molecule has 5 heteroatoms. The van der Waals surface area contributed by atoms with Crippen molar-refractivity contribution in [3.8, 4) is 6.07 Å². The molecule has 0 aliphatic heterocycles. The summed E-state index contributed by atoms with van der Waals surface area (Å²) in [7, 11) is 0. The third-order valence-corrected chi connectivity index (χ3v) is 4.42. The topological polar surface area (TPSA) is 77.8 Å². The first kappa shape index (κ1) is 17.7. The minimum atomic E-state index is -0.270. The van der Waals surface area contributed by atoms with Crippen LogP contribution in [0.1, 0.15) is 48.2 Å². The number of pyridine rings is 1. The van der Waals surface area contributed by atoms with Crippen LogP contribution < -0.4 is 10.6 Å². The van der Waals surface area contributed by atoms with Crippen molar-refractivity contribution in [3.63, 3.8) is 0 Å². The number of benzene rings is 1. The fourth-order valence-electron chi connectivity index (χ4n) is 2.99. The fourth-order valence-corrected chi connectivity index (χ4v) is 2.99. The highest BCUT2D eigenvalue weighted by Gasteiger charge is 2.09. The highest BCUT2D eigenvalue weighted by Crippen LogP contribution is 2.20. The number of nitrogens with zero attached hydrogens (tertiary/aromatic N) is 2. The van der Waals surface area contributed by atoms with Gasteiger partial charge in [-0.15, -0.1) is 0 Å². The van der Waals surface area contributed by atoms with Crippen LogP contribution >= 0.6 is 0 Å². The van der Waals surface area contributed by atoms with E-state index in [2.05, 4.69) is 27.8 Å². The van der Waals surface area contributed by atoms with Crippen LogP contribution in [0.15, 0.2) is 54.2 Å². The zero-order chi connectivity index (χ0) is 18.2. The lowest BCUT2D eigenvalue weighted by Gasteiger charge is -2.13. The molecule has 1 aromatic heterocycles. The number of nitriles is 1. The van der Waals surface area contributed by atoms with Crippen LogP contribution in [0, 0.1) is 11.3 Å². The van der Waals surface area contributed by atoms with E-state index in [9.17, 15) is 4.79 Å². The van der Waals surface area contributed by atoms with Crippen LogP contribution in [0.4, 0.5) is 11.4 Å². The zero-order valence-corrected chi connectivity index (χ0v) is 14.7. The lowest BCUT2D eigenvalue weighted by atomic mass is 9.97. The molecule has 132 valence electrons. The predicted molar refractivity (Wildman–Crippen MR) is 103 cm³/mol. The Kier molecular flexibility index (Phi) is 6.00. The highest BCUT2D eigenvalue weighted by atomic mass is 16.1. The van der Waals surface area contributed by atoms with E-state index in [4.69, 9.17) is 5.26 Å². The summed E-state index contributed by atoms with van der Waals surface area (Å²) in [5.41, 5.74) is 3.97. The van der Waals surface area contributed by atoms with E-state index in [1.807, 2.05) is 6.07 Å². The van der Waals surface area contributed by atoms with E-state index in [1.165, 1.54) is 31.3 Å². The molecule has 0 saturated carbocycles. The minimum absolute atomic E-state index is 0.270. The summed E-state index contributed by atoms with van der Waals surface area (Å²) in [4.78, 5) is 16.5. The number of rotatable bonds is 6. The van der Waals surface area contributed by atoms with Gasteiger partial charge in [0, 0.05) is 24.1 Å². The largest absolute Gasteiger partial charge is 0.385 e. The second-order valence-electron chi connectivity index (χ2n) is 6.36. The van der Waals surface area contributed by atoms with Crippen LogP contribution in [-0.2, 0) is 0 Å². The van der Waals surface area contributed by atoms with Crippen molar-refractivity contribution in [2.45, 2.75) is 32.1 Å². The smallest absolute Gasteiger partial charge is 0.274 e. The number of anilines is 2. The third-order valence-electron chi connectivity index (χ3n) is 4.42. The van der Waals surface area contributed by atoms with Crippen molar-refractivity contribution >= 4 is 17.3 Å². The van der Waals surface area contributed by atoms with Crippen LogP contribution in [0.25, 0.3) is 0 Å². The van der Waals surface area contributed by atoms with Gasteiger partial charge in [0.05, 0.1) is 11.6 Å². The van der Waals surface area contributed by atoms with Gasteiger partial charge in [-0.3, -0.25) is 9.78 Å². The molecule has 0 radical (unpaired) electrons. The second-order valence-corrected chi connectivity index (χ2v) is 6.36. The lowest BCUT2D eigenvalue weighted by Crippen LogP contribution is -2.14. The van der Waals surface area contributed by atoms with Crippen molar-refractivity contribution in [1.29, 1.82) is 5.26 Å². The van der Waals surface area contributed by atoms with Crippen molar-refractivity contribution in [3.05, 3.63) is 65.5 Å². The molecule has 0 bridgehead atoms. The van der Waals surface area contributed by atoms with Gasteiger partial charge in [-0.25, -0.2) is 0 Å². The number of amides is 1. The molecule has 1 amide bonds. The van der Waals surface area contributed by atoms with Crippen molar-refractivity contribution in [1.82, 2.24) is 4.98 Å². The van der Waals surface area contributed by atoms with Crippen LogP contribution in [0.5, 0.6) is 0 Å². The Hall–Kier alpha value is -3.13. The SMILES string of the molecule is N#Cc1ccc(NC(=O)c2cc(NCCC3=CCCCC3)ccn2)cc1. The monoisotopic (exact) mass is 346 g/mol. The number of carbonyl (C=O) groups is 1. The molecule has 0 fully saturated rings. The summed E-state index contributed by atoms with van der Waals surface area (Å²) in [5.74, 6) is -0.270. The first-order valence-electron chi connectivity index (χ1n) is 8.94. The molecular weight excluding hydrogens is 324 g/mol. The van der Waals surface area contributed by atoms with E-state index in [0.29, 0.717) is 16.9 Å². The molecule has 1 heterocycles. The number of hydrogen-bond donors (Lipinski definition) is 2. The van der Waals surface area contributed by atoms with Gasteiger partial charge in [0.1, 0.15) is 5.69 Å². The van der Waals surface area contributed by atoms with E-state index in [1.54, 1.807) is 36.5 Å². The second kappa shape index (κ2) is 8.82. The van der Waals surface area contributed by atoms with E-state index in [-0.39, 0.29) is 5.91 Å². The predicted octanol–water partition coefficient (Wildman–Crippen LogP) is 4.51. The summed E-state index contributed by atoms with van der Waals surface area (Å²) in [6, 6.07) is 12.4. The maximum atomic E-state index is 12.4. The summed E-state index contributed by atoms with van der Waals surface area (Å²) in [6.45, 7) is 0.854. The Morgan fingerprint density at radius 3 is 2.73 bits per heavy atom. The highest BCUT2D eigenvalue weighted by molar-refractivity contribution is 6.03. The number of aromatic nitrogens is 1. The number of nitrogens with one attached hydrogen (secondary N) is 2. The molecule has 0 atom stereocenters. The Balaban J connectivity index is 1.56. The molecule has 3 rings (SSSR count). The van der Waals surface area contributed by atoms with Gasteiger partial charge in [0.2, 0.25) is 0 Å². The van der Waals surface area contributed by atoms with Crippen LogP contribution in [0.3, 0.4) is 0 Å². The van der Waals surface area contributed by atoms with Gasteiger partial charge in [-0.2, -0.15) is 5.26 Å². The van der Waals surface area contributed by atoms with Crippen molar-refractivity contribution < 1.29 is 4.79 Å². The zero-order valence-electron chi connectivity index (χ0n) is 14.7. The van der Waals surface area contributed by atoms with E-state index >= 15 is 0 Å². The van der Waals surface area contributed by atoms with E-state index < -0.39 is 0 Å². The van der Waals surface area contributed by atoms with Crippen molar-refractivity contribution in [2.75, 3.05) is 17.2 Å². The molecule has 0 spiro atoms. The molecule has 0 unspecified atom stereocenters. The molecule has 1 aromatic carbocycles. The van der Waals surface area contributed by atoms with Gasteiger partial charge in [0.15, 0.2) is 0 Å². The summed E-state index contributed by atoms with van der Waals surface area (Å²) < 4.78 is 0. The van der Waals surface area contributed by atoms with Gasteiger partial charge in [0.25, 0.3) is 5.91 Å². The quantitative estimate of drug-likeness (QED) is 0.755. The molecule has 26 heavy (non-hydrogen) atoms. The lowest BCUT2D eigenvalue weighted by molar-refractivity contribution is 0.102.